The van der Waals surface area contributed by atoms with Gasteiger partial charge in [0.05, 0.1) is 48.8 Å². The van der Waals surface area contributed by atoms with E-state index in [1.807, 2.05) is 26.8 Å². The Labute approximate surface area is 529 Å². The molecule has 28 nitrogen and oxygen atoms in total. The number of aliphatic hydroxyl groups is 5. The van der Waals surface area contributed by atoms with Crippen molar-refractivity contribution in [2.75, 3.05) is 42.7 Å². The Hall–Kier alpha value is -5.72. The molecule has 8 N–H and O–H groups in total. The Balaban J connectivity index is 1.18. The first-order valence-corrected chi connectivity index (χ1v) is 31.2. The van der Waals surface area contributed by atoms with E-state index in [-0.39, 0.29) is 73.9 Å². The molecule has 2 aliphatic heterocycles. The van der Waals surface area contributed by atoms with Crippen molar-refractivity contribution in [1.82, 2.24) is 16.0 Å². The van der Waals surface area contributed by atoms with Gasteiger partial charge in [0.25, 0.3) is 11.8 Å². The summed E-state index contributed by atoms with van der Waals surface area (Å²) >= 11 is 0. The number of hydrogen-bond donors (Lipinski definition) is 8. The van der Waals surface area contributed by atoms with Gasteiger partial charge in [0, 0.05) is 30.6 Å². The number of carbonyl (C=O) groups is 10. The lowest BCUT2D eigenvalue weighted by Gasteiger charge is -2.70. The minimum absolute atomic E-state index is 0.0180. The molecule has 22 unspecified atom stereocenters. The van der Waals surface area contributed by atoms with E-state index < -0.39 is 166 Å². The van der Waals surface area contributed by atoms with Crippen LogP contribution in [0.3, 0.4) is 0 Å². The zero-order valence-electron chi connectivity index (χ0n) is 54.4. The highest BCUT2D eigenvalue weighted by molar-refractivity contribution is 5.96. The van der Waals surface area contributed by atoms with Crippen molar-refractivity contribution in [2.24, 2.45) is 50.2 Å². The number of fused-ring (bicyclic) bond motifs is 7. The van der Waals surface area contributed by atoms with Crippen LogP contribution in [0.15, 0.2) is 11.6 Å². The standard InChI is InChI=1S/C63H95N3O25/c1-58(2)36-20-23-63(7)49(35(67)28-30-31-29-60(4,25-24-59(31,3)26-27-62(30,63)6)57(81)66-34(54(80)87-13)16-19-40(70)84-10)61(36,5)22-21-37(58)88-56-48(44(74)43(73)47(90-56)51(77)65-33(53(79)86-12)15-18-39(69)83-9)91-55-45(75)41(71)42(72)46(89-55)50(76)64-32(52(78)85-11)14-17-38(68)82-8/h28,31-34,36-37,41-49,55-56,71-75H,14-27,29H2,1-13H3,(H,64,76)(H,65,77)(H,66,81). The summed E-state index contributed by atoms with van der Waals surface area (Å²) < 4.78 is 53.9. The maximum Gasteiger partial charge on any atom is 0.328 e. The Morgan fingerprint density at radius 2 is 1.02 bits per heavy atom. The van der Waals surface area contributed by atoms with Gasteiger partial charge in [-0.25, -0.2) is 14.4 Å². The van der Waals surface area contributed by atoms with Gasteiger partial charge in [-0.1, -0.05) is 54.0 Å². The van der Waals surface area contributed by atoms with Crippen LogP contribution in [0, 0.1) is 50.2 Å². The first-order valence-electron chi connectivity index (χ1n) is 31.2. The van der Waals surface area contributed by atoms with Crippen LogP contribution in [0.25, 0.3) is 0 Å². The maximum atomic E-state index is 15.5. The molecule has 0 aromatic carbocycles. The monoisotopic (exact) mass is 1290 g/mol. The summed E-state index contributed by atoms with van der Waals surface area (Å²) in [6, 6.07) is -4.09. The van der Waals surface area contributed by atoms with Crippen molar-refractivity contribution >= 4 is 59.3 Å². The van der Waals surface area contributed by atoms with Gasteiger partial charge in [0.15, 0.2) is 30.6 Å². The van der Waals surface area contributed by atoms with Crippen molar-refractivity contribution < 1.29 is 121 Å². The molecule has 3 amide bonds. The second-order valence-electron chi connectivity index (χ2n) is 27.7. The van der Waals surface area contributed by atoms with Crippen LogP contribution in [-0.2, 0) is 95.3 Å². The highest BCUT2D eigenvalue weighted by atomic mass is 16.8. The van der Waals surface area contributed by atoms with Crippen LogP contribution >= 0.6 is 0 Å². The summed E-state index contributed by atoms with van der Waals surface area (Å²) in [6.07, 6.45) is -16.6. The molecule has 28 heteroatoms. The Bertz CT molecular complexity index is 2800. The van der Waals surface area contributed by atoms with Crippen LogP contribution in [0.2, 0.25) is 0 Å². The summed E-state index contributed by atoms with van der Waals surface area (Å²) in [7, 11) is 6.76. The fourth-order valence-electron chi connectivity index (χ4n) is 16.5. The average molecular weight is 1290 g/mol. The van der Waals surface area contributed by atoms with Gasteiger partial charge in [0.2, 0.25) is 5.91 Å². The highest BCUT2D eigenvalue weighted by Crippen LogP contribution is 2.75. The quantitative estimate of drug-likeness (QED) is 0.0423. The van der Waals surface area contributed by atoms with Crippen molar-refractivity contribution in [3.05, 3.63) is 11.6 Å². The molecule has 7 rings (SSSR count). The normalized spacial score (nSPS) is 38.3. The van der Waals surface area contributed by atoms with E-state index in [1.165, 1.54) is 14.2 Å². The smallest absolute Gasteiger partial charge is 0.328 e. The number of carbonyl (C=O) groups excluding carboxylic acids is 10. The molecule has 0 radical (unpaired) electrons. The van der Waals surface area contributed by atoms with Crippen LogP contribution in [0.1, 0.15) is 145 Å². The molecule has 6 fully saturated rings. The highest BCUT2D eigenvalue weighted by Gasteiger charge is 2.71. The van der Waals surface area contributed by atoms with Crippen LogP contribution < -0.4 is 16.0 Å². The van der Waals surface area contributed by atoms with Crippen LogP contribution in [-0.4, -0.2) is 213 Å². The van der Waals surface area contributed by atoms with Crippen molar-refractivity contribution in [3.63, 3.8) is 0 Å². The molecular formula is C63H95N3O25. The minimum atomic E-state index is -2.22. The molecule has 2 heterocycles. The number of ether oxygens (including phenoxy) is 10. The number of methoxy groups -OCH3 is 6. The van der Waals surface area contributed by atoms with Gasteiger partial charge in [-0.3, -0.25) is 33.6 Å². The zero-order valence-corrected chi connectivity index (χ0v) is 54.4. The average Bonchev–Trinajstić information content (AvgIpc) is 0.675. The third kappa shape index (κ3) is 14.1. The Morgan fingerprint density at radius 1 is 0.549 bits per heavy atom. The molecule has 0 aromatic rings. The largest absolute Gasteiger partial charge is 0.469 e. The fourth-order valence-corrected chi connectivity index (χ4v) is 16.5. The molecule has 512 valence electrons. The van der Waals surface area contributed by atoms with Gasteiger partial charge in [0.1, 0.15) is 54.7 Å². The molecule has 91 heavy (non-hydrogen) atoms. The molecular weight excluding hydrogens is 1200 g/mol. The first-order chi connectivity index (χ1) is 42.6. The van der Waals surface area contributed by atoms with Crippen molar-refractivity contribution in [3.8, 4) is 0 Å². The van der Waals surface area contributed by atoms with Crippen molar-refractivity contribution in [1.29, 1.82) is 0 Å². The van der Waals surface area contributed by atoms with E-state index in [4.69, 9.17) is 42.6 Å². The summed E-state index contributed by atoms with van der Waals surface area (Å²) in [6.45, 7) is 14.6. The molecule has 0 bridgehead atoms. The number of ketones is 1. The number of aliphatic hydroxyl groups excluding tert-OH is 5. The molecule has 0 aromatic heterocycles. The van der Waals surface area contributed by atoms with Gasteiger partial charge in [-0.2, -0.15) is 0 Å². The van der Waals surface area contributed by atoms with E-state index in [0.717, 1.165) is 46.9 Å². The lowest BCUT2D eigenvalue weighted by atomic mass is 9.33. The zero-order chi connectivity index (χ0) is 67.7. The third-order valence-electron chi connectivity index (χ3n) is 22.3. The van der Waals surface area contributed by atoms with Gasteiger partial charge in [-0.05, 0) is 122 Å². The summed E-state index contributed by atoms with van der Waals surface area (Å²) in [5, 5.41) is 65.2. The molecule has 22 atom stereocenters. The SMILES string of the molecule is COC(=O)CCC(NC(=O)C1OC(OC2C(OC3CCC4(C)C(CCC5(C)C4C(=O)C=C4C6CC(C)(C(=O)NC(CCC(=O)OC)C(=O)OC)CCC6(C)CCC45C)C3(C)C)OC(C(=O)NC(CCC(=O)OC)C(=O)OC)C(O)C2O)C(O)C(O)C1O)C(=O)OC. The summed E-state index contributed by atoms with van der Waals surface area (Å²) in [4.78, 5) is 133. The lowest BCUT2D eigenvalue weighted by molar-refractivity contribution is -0.369. The molecule has 0 spiro atoms. The number of nitrogens with one attached hydrogen (secondary N) is 3. The Morgan fingerprint density at radius 3 is 1.52 bits per heavy atom. The molecule has 2 saturated heterocycles. The second kappa shape index (κ2) is 28.5. The van der Waals surface area contributed by atoms with Gasteiger partial charge in [-0.15, -0.1) is 0 Å². The van der Waals surface area contributed by atoms with E-state index in [1.54, 1.807) is 0 Å². The summed E-state index contributed by atoms with van der Waals surface area (Å²) in [5.74, 6) is -8.39. The second-order valence-corrected chi connectivity index (χ2v) is 27.7. The van der Waals surface area contributed by atoms with Crippen molar-refractivity contribution in [2.45, 2.75) is 230 Å². The minimum Gasteiger partial charge on any atom is -0.469 e. The van der Waals surface area contributed by atoms with Gasteiger partial charge < -0.3 is 88.9 Å². The number of allylic oxidation sites excluding steroid dienone is 2. The van der Waals surface area contributed by atoms with E-state index in [9.17, 15) is 68.7 Å². The predicted molar refractivity (Wildman–Crippen MR) is 312 cm³/mol. The predicted octanol–water partition coefficient (Wildman–Crippen LogP) is 0.825. The molecule has 7 aliphatic rings. The van der Waals surface area contributed by atoms with Crippen LogP contribution in [0.4, 0.5) is 0 Å². The number of hydrogen-bond acceptors (Lipinski definition) is 25. The van der Waals surface area contributed by atoms with Crippen LogP contribution in [0.5, 0.6) is 0 Å². The third-order valence-corrected chi connectivity index (χ3v) is 22.3. The maximum absolute atomic E-state index is 15.5. The number of rotatable bonds is 22. The van der Waals surface area contributed by atoms with Gasteiger partial charge >= 0.3 is 35.8 Å². The fraction of sp³-hybridized carbons (Fsp3) is 0.810. The molecule has 4 saturated carbocycles. The van der Waals surface area contributed by atoms with E-state index >= 15 is 4.79 Å². The number of amides is 3. The van der Waals surface area contributed by atoms with E-state index in [0.29, 0.717) is 38.5 Å². The Kier molecular flexibility index (Phi) is 22.7. The molecule has 5 aliphatic carbocycles. The topological polar surface area (TPSA) is 400 Å². The first kappa shape index (κ1) is 72.7. The summed E-state index contributed by atoms with van der Waals surface area (Å²) in [5.41, 5.74) is -2.85. The van der Waals surface area contributed by atoms with E-state index in [2.05, 4.69) is 48.4 Å². The number of esters is 6. The lowest BCUT2D eigenvalue weighted by Crippen LogP contribution is -2.69.